The Balaban J connectivity index is 1.97. The number of rotatable bonds is 4. The molecule has 1 fully saturated rings. The minimum absolute atomic E-state index is 0.574. The maximum absolute atomic E-state index is 5.90. The largest absolute Gasteiger partial charge is 0.381 e. The van der Waals surface area contributed by atoms with Crippen LogP contribution >= 0.6 is 11.6 Å². The molecule has 3 heteroatoms. The summed E-state index contributed by atoms with van der Waals surface area (Å²) in [4.78, 5) is 0. The highest BCUT2D eigenvalue weighted by Crippen LogP contribution is 2.20. The third-order valence-corrected chi connectivity index (χ3v) is 3.60. The molecule has 2 nitrogen and oxygen atoms in total. The van der Waals surface area contributed by atoms with E-state index in [1.54, 1.807) is 0 Å². The average molecular weight is 254 g/mol. The molecule has 17 heavy (non-hydrogen) atoms. The van der Waals surface area contributed by atoms with Crippen molar-refractivity contribution in [3.63, 3.8) is 0 Å². The molecule has 1 aliphatic heterocycles. The molecule has 0 aromatic heterocycles. The Morgan fingerprint density at radius 2 is 2.12 bits per heavy atom. The lowest BCUT2D eigenvalue weighted by atomic mass is 9.89. The molecule has 2 rings (SSSR count). The van der Waals surface area contributed by atoms with Crippen molar-refractivity contribution in [1.82, 2.24) is 5.32 Å². The van der Waals surface area contributed by atoms with Gasteiger partial charge in [-0.1, -0.05) is 30.7 Å². The quantitative estimate of drug-likeness (QED) is 0.891. The van der Waals surface area contributed by atoms with Crippen LogP contribution in [0.25, 0.3) is 0 Å². The van der Waals surface area contributed by atoms with Crippen molar-refractivity contribution >= 4 is 11.6 Å². The van der Waals surface area contributed by atoms with E-state index in [0.717, 1.165) is 37.6 Å². The molecular weight excluding hydrogens is 234 g/mol. The fourth-order valence-electron chi connectivity index (χ4n) is 2.45. The Labute approximate surface area is 108 Å². The second-order valence-electron chi connectivity index (χ2n) is 4.62. The highest BCUT2D eigenvalue weighted by molar-refractivity contribution is 6.30. The fourth-order valence-corrected chi connectivity index (χ4v) is 2.58. The molecule has 0 spiro atoms. The van der Waals surface area contributed by atoms with Crippen molar-refractivity contribution in [2.24, 2.45) is 5.92 Å². The topological polar surface area (TPSA) is 21.3 Å². The normalized spacial score (nSPS) is 24.8. The number of nitrogens with one attached hydrogen (secondary N) is 1. The maximum atomic E-state index is 5.90. The smallest absolute Gasteiger partial charge is 0.0512 e. The van der Waals surface area contributed by atoms with Crippen LogP contribution in [0.15, 0.2) is 24.3 Å². The highest BCUT2D eigenvalue weighted by Gasteiger charge is 2.24. The predicted molar refractivity (Wildman–Crippen MR) is 71.5 cm³/mol. The van der Waals surface area contributed by atoms with Crippen LogP contribution in [0.1, 0.15) is 18.9 Å². The summed E-state index contributed by atoms with van der Waals surface area (Å²) in [6.07, 6.45) is 2.18. The summed E-state index contributed by atoms with van der Waals surface area (Å²) in [5.41, 5.74) is 1.34. The van der Waals surface area contributed by atoms with Gasteiger partial charge in [-0.15, -0.1) is 0 Å². The van der Waals surface area contributed by atoms with E-state index in [0.29, 0.717) is 12.0 Å². The SMILES string of the molecule is CCNC1CCOCC1Cc1ccc(Cl)cc1. The predicted octanol–water partition coefficient (Wildman–Crippen LogP) is 2.90. The van der Waals surface area contributed by atoms with E-state index in [2.05, 4.69) is 24.4 Å². The third kappa shape index (κ3) is 3.70. The summed E-state index contributed by atoms with van der Waals surface area (Å²) in [6.45, 7) is 4.94. The Hall–Kier alpha value is -0.570. The monoisotopic (exact) mass is 253 g/mol. The first-order chi connectivity index (χ1) is 8.29. The second-order valence-corrected chi connectivity index (χ2v) is 5.05. The summed E-state index contributed by atoms with van der Waals surface area (Å²) < 4.78 is 5.59. The molecule has 0 radical (unpaired) electrons. The Morgan fingerprint density at radius 1 is 1.35 bits per heavy atom. The highest BCUT2D eigenvalue weighted by atomic mass is 35.5. The minimum Gasteiger partial charge on any atom is -0.381 e. The zero-order valence-electron chi connectivity index (χ0n) is 10.3. The van der Waals surface area contributed by atoms with Crippen LogP contribution in [0.3, 0.4) is 0 Å². The number of benzene rings is 1. The second kappa shape index (κ2) is 6.39. The van der Waals surface area contributed by atoms with Crippen LogP contribution in [0.2, 0.25) is 5.02 Å². The minimum atomic E-state index is 0.574. The van der Waals surface area contributed by atoms with Crippen LogP contribution in [0.5, 0.6) is 0 Å². The van der Waals surface area contributed by atoms with Crippen molar-refractivity contribution in [3.05, 3.63) is 34.9 Å². The standard InChI is InChI=1S/C14H20ClNO/c1-2-16-14-7-8-17-10-12(14)9-11-3-5-13(15)6-4-11/h3-6,12,14,16H,2,7-10H2,1H3. The van der Waals surface area contributed by atoms with E-state index in [1.807, 2.05) is 12.1 Å². The molecule has 1 aromatic rings. The molecule has 1 heterocycles. The number of halogens is 1. The molecule has 1 aliphatic rings. The molecule has 0 amide bonds. The Bertz CT molecular complexity index is 337. The summed E-state index contributed by atoms with van der Waals surface area (Å²) in [5.74, 6) is 0.574. The van der Waals surface area contributed by atoms with Crippen LogP contribution in [0.4, 0.5) is 0 Å². The van der Waals surface area contributed by atoms with Gasteiger partial charge in [-0.25, -0.2) is 0 Å². The molecular formula is C14H20ClNO. The number of hydrogen-bond acceptors (Lipinski definition) is 2. The lowest BCUT2D eigenvalue weighted by Crippen LogP contribution is -2.43. The van der Waals surface area contributed by atoms with E-state index in [4.69, 9.17) is 16.3 Å². The van der Waals surface area contributed by atoms with E-state index >= 15 is 0 Å². The summed E-state index contributed by atoms with van der Waals surface area (Å²) in [5, 5.41) is 4.36. The van der Waals surface area contributed by atoms with Gasteiger partial charge in [0.2, 0.25) is 0 Å². The Kier molecular flexibility index (Phi) is 4.84. The molecule has 2 atom stereocenters. The number of ether oxygens (including phenoxy) is 1. The van der Waals surface area contributed by atoms with Gasteiger partial charge in [0.1, 0.15) is 0 Å². The molecule has 0 bridgehead atoms. The summed E-state index contributed by atoms with van der Waals surface area (Å²) >= 11 is 5.90. The lowest BCUT2D eigenvalue weighted by molar-refractivity contribution is 0.0327. The van der Waals surface area contributed by atoms with Crippen molar-refractivity contribution in [3.8, 4) is 0 Å². The van der Waals surface area contributed by atoms with Crippen molar-refractivity contribution < 1.29 is 4.74 Å². The molecule has 0 saturated carbocycles. The third-order valence-electron chi connectivity index (χ3n) is 3.35. The summed E-state index contributed by atoms with van der Waals surface area (Å²) in [7, 11) is 0. The fraction of sp³-hybridized carbons (Fsp3) is 0.571. The molecule has 1 aromatic carbocycles. The van der Waals surface area contributed by atoms with Crippen LogP contribution < -0.4 is 5.32 Å². The maximum Gasteiger partial charge on any atom is 0.0512 e. The van der Waals surface area contributed by atoms with E-state index in [-0.39, 0.29) is 0 Å². The zero-order valence-corrected chi connectivity index (χ0v) is 11.0. The van der Waals surface area contributed by atoms with Crippen molar-refractivity contribution in [2.45, 2.75) is 25.8 Å². The lowest BCUT2D eigenvalue weighted by Gasteiger charge is -2.32. The van der Waals surface area contributed by atoms with Crippen molar-refractivity contribution in [2.75, 3.05) is 19.8 Å². The van der Waals surface area contributed by atoms with Gasteiger partial charge < -0.3 is 10.1 Å². The van der Waals surface area contributed by atoms with Crippen LogP contribution in [-0.4, -0.2) is 25.8 Å². The first-order valence-corrected chi connectivity index (χ1v) is 6.73. The van der Waals surface area contributed by atoms with Gasteiger partial charge >= 0.3 is 0 Å². The van der Waals surface area contributed by atoms with Gasteiger partial charge in [0.25, 0.3) is 0 Å². The van der Waals surface area contributed by atoms with Gasteiger partial charge in [-0.3, -0.25) is 0 Å². The van der Waals surface area contributed by atoms with E-state index in [9.17, 15) is 0 Å². The molecule has 94 valence electrons. The van der Waals surface area contributed by atoms with Crippen LogP contribution in [0, 0.1) is 5.92 Å². The van der Waals surface area contributed by atoms with Gasteiger partial charge in [-0.05, 0) is 37.1 Å². The first-order valence-electron chi connectivity index (χ1n) is 6.35. The Morgan fingerprint density at radius 3 is 2.82 bits per heavy atom. The van der Waals surface area contributed by atoms with Crippen molar-refractivity contribution in [1.29, 1.82) is 0 Å². The summed E-state index contributed by atoms with van der Waals surface area (Å²) in [6, 6.07) is 8.73. The van der Waals surface area contributed by atoms with Gasteiger partial charge in [-0.2, -0.15) is 0 Å². The first kappa shape index (κ1) is 12.9. The van der Waals surface area contributed by atoms with Gasteiger partial charge in [0.05, 0.1) is 6.61 Å². The van der Waals surface area contributed by atoms with Crippen LogP contribution in [-0.2, 0) is 11.2 Å². The van der Waals surface area contributed by atoms with Gasteiger partial charge in [0, 0.05) is 23.6 Å². The van der Waals surface area contributed by atoms with Gasteiger partial charge in [0.15, 0.2) is 0 Å². The molecule has 0 aliphatic carbocycles. The number of hydrogen-bond donors (Lipinski definition) is 1. The molecule has 1 saturated heterocycles. The van der Waals surface area contributed by atoms with E-state index in [1.165, 1.54) is 5.56 Å². The zero-order chi connectivity index (χ0) is 12.1. The average Bonchev–Trinajstić information content (AvgIpc) is 2.35. The molecule has 1 N–H and O–H groups in total. The molecule has 2 unspecified atom stereocenters. The van der Waals surface area contributed by atoms with E-state index < -0.39 is 0 Å².